The van der Waals surface area contributed by atoms with Gasteiger partial charge < -0.3 is 16.0 Å². The molecule has 0 heterocycles. The zero-order valence-corrected chi connectivity index (χ0v) is 12.4. The normalized spacial score (nSPS) is 10.8. The third-order valence-electron chi connectivity index (χ3n) is 2.96. The molecule has 1 aromatic carbocycles. The van der Waals surface area contributed by atoms with E-state index in [4.69, 9.17) is 5.73 Å². The van der Waals surface area contributed by atoms with Crippen LogP contribution in [-0.4, -0.2) is 25.5 Å². The third kappa shape index (κ3) is 5.17. The average molecular weight is 281 g/mol. The second-order valence-corrected chi connectivity index (χ2v) is 5.29. The zero-order chi connectivity index (χ0) is 15.1. The number of likely N-dealkylation sites (N-methyl/N-ethyl adjacent to an activating group) is 1. The smallest absolute Gasteiger partial charge is 0.236 e. The molecule has 20 heavy (non-hydrogen) atoms. The number of primary amides is 1. The Hall–Kier alpha value is -1.62. The molecule has 1 amide bonds. The first-order valence-electron chi connectivity index (χ1n) is 6.96. The number of nitrogens with one attached hydrogen (secondary N) is 1. The predicted molar refractivity (Wildman–Crippen MR) is 80.0 cm³/mol. The molecular weight excluding hydrogens is 257 g/mol. The number of hydrogen-bond acceptors (Lipinski definition) is 3. The van der Waals surface area contributed by atoms with Crippen molar-refractivity contribution < 1.29 is 9.18 Å². The third-order valence-corrected chi connectivity index (χ3v) is 2.96. The highest BCUT2D eigenvalue weighted by atomic mass is 19.1. The van der Waals surface area contributed by atoms with E-state index in [2.05, 4.69) is 19.2 Å². The number of carbonyl (C=O) groups is 1. The Kier molecular flexibility index (Phi) is 6.45. The fourth-order valence-corrected chi connectivity index (χ4v) is 1.98. The molecule has 0 bridgehead atoms. The molecule has 4 nitrogen and oxygen atoms in total. The van der Waals surface area contributed by atoms with Gasteiger partial charge in [0, 0.05) is 13.1 Å². The van der Waals surface area contributed by atoms with Gasteiger partial charge in [0.15, 0.2) is 0 Å². The van der Waals surface area contributed by atoms with Gasteiger partial charge in [-0.1, -0.05) is 19.9 Å². The van der Waals surface area contributed by atoms with E-state index < -0.39 is 5.91 Å². The number of amides is 1. The molecule has 5 heteroatoms. The van der Waals surface area contributed by atoms with E-state index in [1.165, 1.54) is 6.07 Å². The van der Waals surface area contributed by atoms with E-state index >= 15 is 0 Å². The van der Waals surface area contributed by atoms with Gasteiger partial charge in [-0.15, -0.1) is 0 Å². The minimum absolute atomic E-state index is 0.0262. The molecule has 112 valence electrons. The summed E-state index contributed by atoms with van der Waals surface area (Å²) in [6.07, 6.45) is 0. The van der Waals surface area contributed by atoms with E-state index in [9.17, 15) is 9.18 Å². The van der Waals surface area contributed by atoms with E-state index in [0.29, 0.717) is 24.7 Å². The van der Waals surface area contributed by atoms with Gasteiger partial charge in [-0.2, -0.15) is 0 Å². The number of rotatable bonds is 8. The van der Waals surface area contributed by atoms with Crippen molar-refractivity contribution in [1.29, 1.82) is 0 Å². The highest BCUT2D eigenvalue weighted by Gasteiger charge is 2.12. The van der Waals surface area contributed by atoms with Crippen molar-refractivity contribution in [2.75, 3.05) is 24.5 Å². The van der Waals surface area contributed by atoms with Crippen molar-refractivity contribution in [3.05, 3.63) is 29.6 Å². The van der Waals surface area contributed by atoms with Crippen LogP contribution in [0.3, 0.4) is 0 Å². The van der Waals surface area contributed by atoms with Gasteiger partial charge in [0.25, 0.3) is 0 Å². The molecule has 0 fully saturated rings. The van der Waals surface area contributed by atoms with E-state index in [-0.39, 0.29) is 12.4 Å². The highest BCUT2D eigenvalue weighted by molar-refractivity contribution is 5.79. The van der Waals surface area contributed by atoms with Crippen molar-refractivity contribution in [3.8, 4) is 0 Å². The maximum atomic E-state index is 14.1. The van der Waals surface area contributed by atoms with Gasteiger partial charge in [0.05, 0.1) is 12.2 Å². The number of nitrogens with zero attached hydrogens (tertiary/aromatic N) is 1. The molecule has 0 aliphatic heterocycles. The van der Waals surface area contributed by atoms with Crippen LogP contribution in [0.5, 0.6) is 0 Å². The number of nitrogens with two attached hydrogens (primary N) is 1. The maximum Gasteiger partial charge on any atom is 0.236 e. The molecular formula is C15H24FN3O. The van der Waals surface area contributed by atoms with Gasteiger partial charge in [-0.25, -0.2) is 4.39 Å². The Labute approximate surface area is 120 Å². The van der Waals surface area contributed by atoms with E-state index in [1.54, 1.807) is 11.0 Å². The lowest BCUT2D eigenvalue weighted by molar-refractivity contribution is -0.116. The van der Waals surface area contributed by atoms with Gasteiger partial charge in [-0.05, 0) is 37.1 Å². The van der Waals surface area contributed by atoms with Crippen LogP contribution in [0.1, 0.15) is 26.3 Å². The van der Waals surface area contributed by atoms with Crippen LogP contribution in [0.4, 0.5) is 10.1 Å². The molecule has 0 spiro atoms. The number of benzene rings is 1. The summed E-state index contributed by atoms with van der Waals surface area (Å²) in [5.74, 6) is -0.226. The number of carbonyl (C=O) groups excluding carboxylic acids is 1. The van der Waals surface area contributed by atoms with Crippen molar-refractivity contribution in [3.63, 3.8) is 0 Å². The lowest BCUT2D eigenvalue weighted by Crippen LogP contribution is -2.34. The second-order valence-electron chi connectivity index (χ2n) is 5.29. The predicted octanol–water partition coefficient (Wildman–Crippen LogP) is 1.88. The summed E-state index contributed by atoms with van der Waals surface area (Å²) in [5, 5.41) is 3.27. The van der Waals surface area contributed by atoms with Crippen LogP contribution < -0.4 is 16.0 Å². The second kappa shape index (κ2) is 7.85. The minimum atomic E-state index is -0.464. The van der Waals surface area contributed by atoms with Gasteiger partial charge in [-0.3, -0.25) is 4.79 Å². The molecule has 1 rings (SSSR count). The molecule has 1 aromatic rings. The van der Waals surface area contributed by atoms with E-state index in [0.717, 1.165) is 12.1 Å². The molecule has 0 aliphatic rings. The molecule has 0 aliphatic carbocycles. The highest BCUT2D eigenvalue weighted by Crippen LogP contribution is 2.20. The molecule has 0 atom stereocenters. The zero-order valence-electron chi connectivity index (χ0n) is 12.4. The Morgan fingerprint density at radius 1 is 1.45 bits per heavy atom. The maximum absolute atomic E-state index is 14.1. The standard InChI is InChI=1S/C15H24FN3O/c1-4-19(10-15(17)20)14-6-5-12(7-13(14)16)9-18-8-11(2)3/h5-7,11,18H,4,8-10H2,1-3H3,(H2,17,20). The van der Waals surface area contributed by atoms with Crippen LogP contribution >= 0.6 is 0 Å². The average Bonchev–Trinajstić information content (AvgIpc) is 2.36. The lowest BCUT2D eigenvalue weighted by Gasteiger charge is -2.22. The summed E-state index contributed by atoms with van der Waals surface area (Å²) in [5.41, 5.74) is 6.47. The summed E-state index contributed by atoms with van der Waals surface area (Å²) in [4.78, 5) is 12.6. The molecule has 0 saturated carbocycles. The summed E-state index contributed by atoms with van der Waals surface area (Å²) in [6.45, 7) is 8.20. The van der Waals surface area contributed by atoms with E-state index in [1.807, 2.05) is 13.0 Å². The fourth-order valence-electron chi connectivity index (χ4n) is 1.98. The van der Waals surface area contributed by atoms with Crippen LogP contribution in [0.25, 0.3) is 0 Å². The number of hydrogen-bond donors (Lipinski definition) is 2. The fraction of sp³-hybridized carbons (Fsp3) is 0.533. The van der Waals surface area contributed by atoms with Crippen LogP contribution in [0.15, 0.2) is 18.2 Å². The summed E-state index contributed by atoms with van der Waals surface area (Å²) < 4.78 is 14.1. The van der Waals surface area contributed by atoms with Gasteiger partial charge >= 0.3 is 0 Å². The SMILES string of the molecule is CCN(CC(N)=O)c1ccc(CNCC(C)C)cc1F. The first-order valence-corrected chi connectivity index (χ1v) is 6.96. The summed E-state index contributed by atoms with van der Waals surface area (Å²) in [7, 11) is 0. The topological polar surface area (TPSA) is 58.4 Å². The van der Waals surface area contributed by atoms with Crippen molar-refractivity contribution in [1.82, 2.24) is 5.32 Å². The first kappa shape index (κ1) is 16.4. The van der Waals surface area contributed by atoms with Crippen molar-refractivity contribution >= 4 is 11.6 Å². The molecule has 0 saturated heterocycles. The van der Waals surface area contributed by atoms with Crippen LogP contribution in [-0.2, 0) is 11.3 Å². The van der Waals surface area contributed by atoms with Crippen LogP contribution in [0, 0.1) is 11.7 Å². The number of anilines is 1. The Balaban J connectivity index is 2.73. The first-order chi connectivity index (χ1) is 9.43. The molecule has 0 aromatic heterocycles. The Morgan fingerprint density at radius 2 is 2.15 bits per heavy atom. The Morgan fingerprint density at radius 3 is 2.65 bits per heavy atom. The summed E-state index contributed by atoms with van der Waals surface area (Å²) >= 11 is 0. The number of halogens is 1. The monoisotopic (exact) mass is 281 g/mol. The van der Waals surface area contributed by atoms with Crippen LogP contribution in [0.2, 0.25) is 0 Å². The molecule has 0 radical (unpaired) electrons. The van der Waals surface area contributed by atoms with Crippen molar-refractivity contribution in [2.24, 2.45) is 11.7 Å². The molecule has 3 N–H and O–H groups in total. The van der Waals surface area contributed by atoms with Gasteiger partial charge in [0.1, 0.15) is 5.82 Å². The largest absolute Gasteiger partial charge is 0.368 e. The molecule has 0 unspecified atom stereocenters. The minimum Gasteiger partial charge on any atom is -0.368 e. The Bertz CT molecular complexity index is 449. The summed E-state index contributed by atoms with van der Waals surface area (Å²) in [6, 6.07) is 5.08. The van der Waals surface area contributed by atoms with Crippen molar-refractivity contribution in [2.45, 2.75) is 27.3 Å². The lowest BCUT2D eigenvalue weighted by atomic mass is 10.1. The van der Waals surface area contributed by atoms with Gasteiger partial charge in [0.2, 0.25) is 5.91 Å². The quantitative estimate of drug-likeness (QED) is 0.765.